The SMILES string of the molecule is COC(=O)c1cnc2c(OC)cc(Cl)nn12. The average Bonchev–Trinajstić information content (AvgIpc) is 2.70. The summed E-state index contributed by atoms with van der Waals surface area (Å²) in [7, 11) is 2.77. The number of hydrogen-bond acceptors (Lipinski definition) is 5. The summed E-state index contributed by atoms with van der Waals surface area (Å²) < 4.78 is 11.0. The Hall–Kier alpha value is -1.82. The van der Waals surface area contributed by atoms with E-state index in [0.717, 1.165) is 0 Å². The fraction of sp³-hybridized carbons (Fsp3) is 0.222. The van der Waals surface area contributed by atoms with Crippen molar-refractivity contribution in [3.05, 3.63) is 23.1 Å². The van der Waals surface area contributed by atoms with Crippen LogP contribution in [-0.2, 0) is 4.74 Å². The molecule has 16 heavy (non-hydrogen) atoms. The van der Waals surface area contributed by atoms with Gasteiger partial charge in [-0.3, -0.25) is 0 Å². The van der Waals surface area contributed by atoms with E-state index < -0.39 is 5.97 Å². The Bertz CT molecular complexity index is 552. The Morgan fingerprint density at radius 3 is 2.88 bits per heavy atom. The van der Waals surface area contributed by atoms with E-state index in [-0.39, 0.29) is 10.8 Å². The van der Waals surface area contributed by atoms with Crippen LogP contribution in [0.5, 0.6) is 5.75 Å². The molecule has 84 valence electrons. The molecule has 0 amide bonds. The molecule has 0 aliphatic carbocycles. The first-order chi connectivity index (χ1) is 7.67. The molecule has 0 saturated heterocycles. The Morgan fingerprint density at radius 2 is 2.25 bits per heavy atom. The van der Waals surface area contributed by atoms with Crippen LogP contribution in [0.3, 0.4) is 0 Å². The van der Waals surface area contributed by atoms with E-state index in [2.05, 4.69) is 14.8 Å². The molecule has 0 bridgehead atoms. The third kappa shape index (κ3) is 1.57. The van der Waals surface area contributed by atoms with Crippen molar-refractivity contribution < 1.29 is 14.3 Å². The van der Waals surface area contributed by atoms with Gasteiger partial charge < -0.3 is 9.47 Å². The predicted octanol–water partition coefficient (Wildman–Crippen LogP) is 1.18. The highest BCUT2D eigenvalue weighted by molar-refractivity contribution is 6.29. The number of nitrogens with zero attached hydrogens (tertiary/aromatic N) is 3. The third-order valence-electron chi connectivity index (χ3n) is 2.02. The minimum atomic E-state index is -0.538. The summed E-state index contributed by atoms with van der Waals surface area (Å²) in [6.45, 7) is 0. The number of fused-ring (bicyclic) bond motifs is 1. The molecule has 2 aromatic rings. The van der Waals surface area contributed by atoms with Crippen LogP contribution >= 0.6 is 11.6 Å². The number of esters is 1. The summed E-state index contributed by atoms with van der Waals surface area (Å²) in [6.07, 6.45) is 1.35. The maximum atomic E-state index is 11.4. The number of carbonyl (C=O) groups is 1. The fourth-order valence-electron chi connectivity index (χ4n) is 1.31. The number of hydrogen-bond donors (Lipinski definition) is 0. The number of rotatable bonds is 2. The Labute approximate surface area is 95.7 Å². The molecule has 0 saturated carbocycles. The van der Waals surface area contributed by atoms with E-state index in [4.69, 9.17) is 16.3 Å². The monoisotopic (exact) mass is 241 g/mol. The summed E-state index contributed by atoms with van der Waals surface area (Å²) in [5.41, 5.74) is 0.602. The minimum Gasteiger partial charge on any atom is -0.493 e. The van der Waals surface area contributed by atoms with E-state index in [0.29, 0.717) is 11.4 Å². The van der Waals surface area contributed by atoms with E-state index in [1.54, 1.807) is 0 Å². The molecule has 2 rings (SSSR count). The fourth-order valence-corrected chi connectivity index (χ4v) is 1.48. The molecule has 0 N–H and O–H groups in total. The molecule has 0 fully saturated rings. The van der Waals surface area contributed by atoms with Gasteiger partial charge in [-0.2, -0.15) is 5.10 Å². The van der Waals surface area contributed by atoms with E-state index >= 15 is 0 Å². The first kappa shape index (κ1) is 10.7. The zero-order valence-electron chi connectivity index (χ0n) is 8.60. The summed E-state index contributed by atoms with van der Waals surface area (Å²) in [6, 6.07) is 1.52. The highest BCUT2D eigenvalue weighted by Crippen LogP contribution is 2.22. The van der Waals surface area contributed by atoms with Gasteiger partial charge >= 0.3 is 5.97 Å². The third-order valence-corrected chi connectivity index (χ3v) is 2.20. The molecule has 0 aliphatic heterocycles. The van der Waals surface area contributed by atoms with E-state index in [1.165, 1.54) is 31.0 Å². The number of methoxy groups -OCH3 is 2. The summed E-state index contributed by atoms with van der Waals surface area (Å²) in [5.74, 6) is -0.0977. The molecule has 2 aromatic heterocycles. The molecule has 0 unspecified atom stereocenters. The number of imidazole rings is 1. The van der Waals surface area contributed by atoms with Gasteiger partial charge in [0.1, 0.15) is 0 Å². The Balaban J connectivity index is 2.72. The molecule has 0 atom stereocenters. The van der Waals surface area contributed by atoms with Crippen molar-refractivity contribution in [3.8, 4) is 5.75 Å². The van der Waals surface area contributed by atoms with Gasteiger partial charge in [0.05, 0.1) is 20.4 Å². The number of halogens is 1. The molecule has 2 heterocycles. The normalized spacial score (nSPS) is 10.4. The van der Waals surface area contributed by atoms with Crippen molar-refractivity contribution in [1.82, 2.24) is 14.6 Å². The maximum Gasteiger partial charge on any atom is 0.358 e. The number of carbonyl (C=O) groups excluding carboxylic acids is 1. The molecule has 7 heteroatoms. The molecular weight excluding hydrogens is 234 g/mol. The van der Waals surface area contributed by atoms with Crippen molar-refractivity contribution in [3.63, 3.8) is 0 Å². The Kier molecular flexibility index (Phi) is 2.66. The van der Waals surface area contributed by atoms with Crippen LogP contribution in [0, 0.1) is 0 Å². The second kappa shape index (κ2) is 3.97. The van der Waals surface area contributed by atoms with Crippen LogP contribution in [0.4, 0.5) is 0 Å². The van der Waals surface area contributed by atoms with Gasteiger partial charge in [-0.25, -0.2) is 14.3 Å². The van der Waals surface area contributed by atoms with Gasteiger partial charge in [0.25, 0.3) is 0 Å². The summed E-state index contributed by atoms with van der Waals surface area (Å²) >= 11 is 5.79. The van der Waals surface area contributed by atoms with Crippen LogP contribution in [-0.4, -0.2) is 34.8 Å². The highest BCUT2D eigenvalue weighted by atomic mass is 35.5. The highest BCUT2D eigenvalue weighted by Gasteiger charge is 2.16. The van der Waals surface area contributed by atoms with Gasteiger partial charge in [0, 0.05) is 6.07 Å². The number of aromatic nitrogens is 3. The predicted molar refractivity (Wildman–Crippen MR) is 55.9 cm³/mol. The average molecular weight is 242 g/mol. The lowest BCUT2D eigenvalue weighted by atomic mass is 10.5. The Morgan fingerprint density at radius 1 is 1.50 bits per heavy atom. The van der Waals surface area contributed by atoms with Crippen molar-refractivity contribution in [2.75, 3.05) is 14.2 Å². The molecular formula is C9H8ClN3O3. The van der Waals surface area contributed by atoms with E-state index in [9.17, 15) is 4.79 Å². The largest absolute Gasteiger partial charge is 0.493 e. The minimum absolute atomic E-state index is 0.193. The van der Waals surface area contributed by atoms with Gasteiger partial charge in [-0.1, -0.05) is 11.6 Å². The zero-order chi connectivity index (χ0) is 11.7. The summed E-state index contributed by atoms with van der Waals surface area (Å²) in [5, 5.41) is 4.15. The number of ether oxygens (including phenoxy) is 2. The first-order valence-corrected chi connectivity index (χ1v) is 4.71. The van der Waals surface area contributed by atoms with Crippen LogP contribution in [0.25, 0.3) is 5.65 Å². The lowest BCUT2D eigenvalue weighted by Gasteiger charge is -2.03. The second-order valence-corrected chi connectivity index (χ2v) is 3.29. The topological polar surface area (TPSA) is 65.7 Å². The second-order valence-electron chi connectivity index (χ2n) is 2.91. The first-order valence-electron chi connectivity index (χ1n) is 4.34. The van der Waals surface area contributed by atoms with Crippen LogP contribution in [0.2, 0.25) is 5.15 Å². The molecule has 0 radical (unpaired) electrons. The van der Waals surface area contributed by atoms with Crippen LogP contribution in [0.15, 0.2) is 12.3 Å². The van der Waals surface area contributed by atoms with Crippen molar-refractivity contribution >= 4 is 23.2 Å². The quantitative estimate of drug-likeness (QED) is 0.739. The van der Waals surface area contributed by atoms with Gasteiger partial charge in [0.15, 0.2) is 22.2 Å². The molecule has 6 nitrogen and oxygen atoms in total. The molecule has 0 aromatic carbocycles. The van der Waals surface area contributed by atoms with Crippen molar-refractivity contribution in [1.29, 1.82) is 0 Å². The van der Waals surface area contributed by atoms with Crippen molar-refractivity contribution in [2.45, 2.75) is 0 Å². The van der Waals surface area contributed by atoms with Gasteiger partial charge in [-0.05, 0) is 0 Å². The summed E-state index contributed by atoms with van der Waals surface area (Å²) in [4.78, 5) is 15.4. The smallest absolute Gasteiger partial charge is 0.358 e. The zero-order valence-corrected chi connectivity index (χ0v) is 9.35. The van der Waals surface area contributed by atoms with Gasteiger partial charge in [-0.15, -0.1) is 0 Å². The van der Waals surface area contributed by atoms with Gasteiger partial charge in [0.2, 0.25) is 0 Å². The van der Waals surface area contributed by atoms with Crippen LogP contribution < -0.4 is 4.74 Å². The molecule has 0 spiro atoms. The van der Waals surface area contributed by atoms with Crippen molar-refractivity contribution in [2.24, 2.45) is 0 Å². The van der Waals surface area contributed by atoms with E-state index in [1.807, 2.05) is 0 Å². The molecule has 0 aliphatic rings. The lowest BCUT2D eigenvalue weighted by molar-refractivity contribution is 0.0591. The maximum absolute atomic E-state index is 11.4. The standard InChI is InChI=1S/C9H8ClN3O3/c1-15-6-3-7(10)12-13-5(9(14)16-2)4-11-8(6)13/h3-4H,1-2H3. The van der Waals surface area contributed by atoms with Crippen LogP contribution in [0.1, 0.15) is 10.5 Å². The lowest BCUT2D eigenvalue weighted by Crippen LogP contribution is -2.07.